The van der Waals surface area contributed by atoms with Crippen LogP contribution < -0.4 is 5.32 Å². The van der Waals surface area contributed by atoms with Gasteiger partial charge in [0, 0.05) is 12.1 Å². The average Bonchev–Trinajstić information content (AvgIpc) is 2.67. The summed E-state index contributed by atoms with van der Waals surface area (Å²) in [6.07, 6.45) is 5.57. The fourth-order valence-corrected chi connectivity index (χ4v) is 3.50. The Labute approximate surface area is 107 Å². The molecule has 98 valence electrons. The lowest BCUT2D eigenvalue weighted by molar-refractivity contribution is -0.0136. The van der Waals surface area contributed by atoms with Crippen LogP contribution in [0.5, 0.6) is 0 Å². The number of nitrogens with one attached hydrogen (secondary N) is 1. The van der Waals surface area contributed by atoms with Gasteiger partial charge in [0.2, 0.25) is 0 Å². The lowest BCUT2D eigenvalue weighted by Gasteiger charge is -2.37. The Kier molecular flexibility index (Phi) is 3.12. The Balaban J connectivity index is 1.62. The van der Waals surface area contributed by atoms with E-state index in [0.29, 0.717) is 12.1 Å². The summed E-state index contributed by atoms with van der Waals surface area (Å²) in [6.45, 7) is 0. The van der Waals surface area contributed by atoms with E-state index in [4.69, 9.17) is 0 Å². The molecule has 18 heavy (non-hydrogen) atoms. The van der Waals surface area contributed by atoms with E-state index in [1.807, 2.05) is 6.07 Å². The normalized spacial score (nSPS) is 34.8. The van der Waals surface area contributed by atoms with Crippen molar-refractivity contribution >= 4 is 0 Å². The van der Waals surface area contributed by atoms with E-state index in [1.54, 1.807) is 12.1 Å². The number of hydrogen-bond acceptors (Lipinski definition) is 2. The highest BCUT2D eigenvalue weighted by molar-refractivity contribution is 5.17. The van der Waals surface area contributed by atoms with E-state index in [1.165, 1.54) is 18.9 Å². The number of aliphatic hydroxyl groups is 1. The Hall–Kier alpha value is -0.930. The molecule has 0 spiro atoms. The topological polar surface area (TPSA) is 32.3 Å². The molecule has 2 heterocycles. The van der Waals surface area contributed by atoms with E-state index < -0.39 is 5.60 Å². The van der Waals surface area contributed by atoms with Gasteiger partial charge in [-0.15, -0.1) is 0 Å². The lowest BCUT2D eigenvalue weighted by atomic mass is 9.83. The van der Waals surface area contributed by atoms with Gasteiger partial charge in [-0.2, -0.15) is 0 Å². The Morgan fingerprint density at radius 1 is 1.28 bits per heavy atom. The van der Waals surface area contributed by atoms with Crippen molar-refractivity contribution in [3.63, 3.8) is 0 Å². The van der Waals surface area contributed by atoms with Crippen LogP contribution in [0.15, 0.2) is 24.3 Å². The second-order valence-electron chi connectivity index (χ2n) is 5.90. The minimum absolute atomic E-state index is 0.190. The molecule has 0 saturated carbocycles. The summed E-state index contributed by atoms with van der Waals surface area (Å²) < 4.78 is 13.1. The van der Waals surface area contributed by atoms with Crippen LogP contribution >= 0.6 is 0 Å². The minimum atomic E-state index is -0.552. The van der Waals surface area contributed by atoms with Gasteiger partial charge in [-0.1, -0.05) is 12.1 Å². The quantitative estimate of drug-likeness (QED) is 0.862. The van der Waals surface area contributed by atoms with E-state index in [9.17, 15) is 9.50 Å². The van der Waals surface area contributed by atoms with Gasteiger partial charge in [-0.25, -0.2) is 4.39 Å². The van der Waals surface area contributed by atoms with Crippen LogP contribution in [0.4, 0.5) is 4.39 Å². The maximum Gasteiger partial charge on any atom is 0.123 e. The van der Waals surface area contributed by atoms with E-state index in [2.05, 4.69) is 5.32 Å². The molecule has 2 atom stereocenters. The summed E-state index contributed by atoms with van der Waals surface area (Å²) in [5.41, 5.74) is 0.429. The van der Waals surface area contributed by atoms with Crippen molar-refractivity contribution < 1.29 is 9.50 Å². The van der Waals surface area contributed by atoms with Crippen molar-refractivity contribution in [1.29, 1.82) is 0 Å². The zero-order valence-electron chi connectivity index (χ0n) is 10.5. The zero-order valence-corrected chi connectivity index (χ0v) is 10.5. The Bertz CT molecular complexity index is 422. The number of aryl methyl sites for hydroxylation is 1. The second-order valence-corrected chi connectivity index (χ2v) is 5.90. The highest BCUT2D eigenvalue weighted by Crippen LogP contribution is 2.36. The van der Waals surface area contributed by atoms with E-state index in [-0.39, 0.29) is 5.82 Å². The molecule has 2 fully saturated rings. The zero-order chi connectivity index (χ0) is 12.6. The second kappa shape index (κ2) is 4.63. The third kappa shape index (κ3) is 2.57. The molecule has 2 bridgehead atoms. The van der Waals surface area contributed by atoms with Gasteiger partial charge in [0.05, 0.1) is 5.60 Å². The third-order valence-electron chi connectivity index (χ3n) is 4.36. The molecule has 1 aromatic carbocycles. The summed E-state index contributed by atoms with van der Waals surface area (Å²) in [4.78, 5) is 0. The van der Waals surface area contributed by atoms with Crippen molar-refractivity contribution in [1.82, 2.24) is 5.32 Å². The van der Waals surface area contributed by atoms with Crippen molar-refractivity contribution in [3.8, 4) is 0 Å². The number of fused-ring (bicyclic) bond motifs is 2. The highest BCUT2D eigenvalue weighted by atomic mass is 19.1. The summed E-state index contributed by atoms with van der Waals surface area (Å²) >= 11 is 0. The van der Waals surface area contributed by atoms with Gasteiger partial charge >= 0.3 is 0 Å². The first-order valence-corrected chi connectivity index (χ1v) is 6.86. The average molecular weight is 249 g/mol. The van der Waals surface area contributed by atoms with E-state index in [0.717, 1.165) is 31.2 Å². The molecule has 1 aromatic rings. The molecule has 3 rings (SSSR count). The van der Waals surface area contributed by atoms with Crippen molar-refractivity contribution in [2.24, 2.45) is 0 Å². The Morgan fingerprint density at radius 2 is 2.00 bits per heavy atom. The van der Waals surface area contributed by atoms with Crippen LogP contribution in [0, 0.1) is 5.82 Å². The number of benzene rings is 1. The molecule has 2 aliphatic rings. The lowest BCUT2D eigenvalue weighted by Crippen LogP contribution is -2.48. The number of rotatable bonds is 3. The minimum Gasteiger partial charge on any atom is -0.390 e. The molecule has 0 radical (unpaired) electrons. The molecule has 2 N–H and O–H groups in total. The van der Waals surface area contributed by atoms with Gasteiger partial charge in [-0.3, -0.25) is 0 Å². The van der Waals surface area contributed by atoms with Crippen LogP contribution in [-0.2, 0) is 6.42 Å². The summed E-state index contributed by atoms with van der Waals surface area (Å²) in [5, 5.41) is 14.2. The van der Waals surface area contributed by atoms with Crippen LogP contribution in [-0.4, -0.2) is 22.8 Å². The van der Waals surface area contributed by atoms with E-state index >= 15 is 0 Å². The Morgan fingerprint density at radius 3 is 2.67 bits per heavy atom. The molecule has 0 aliphatic carbocycles. The van der Waals surface area contributed by atoms with Crippen molar-refractivity contribution in [3.05, 3.63) is 35.6 Å². The standard InChI is InChI=1S/C15H20FNO/c16-12-3-1-2-11(8-12)6-7-15(18)9-13-4-5-14(10-15)17-13/h1-3,8,13-14,17-18H,4-7,9-10H2. The molecule has 2 aliphatic heterocycles. The maximum absolute atomic E-state index is 13.1. The summed E-state index contributed by atoms with van der Waals surface area (Å²) in [6, 6.07) is 7.67. The molecular formula is C15H20FNO. The summed E-state index contributed by atoms with van der Waals surface area (Å²) in [7, 11) is 0. The summed E-state index contributed by atoms with van der Waals surface area (Å²) in [5.74, 6) is -0.190. The molecule has 2 unspecified atom stereocenters. The molecule has 0 amide bonds. The van der Waals surface area contributed by atoms with Gasteiger partial charge in [0.25, 0.3) is 0 Å². The number of piperidine rings is 1. The molecule has 2 saturated heterocycles. The van der Waals surface area contributed by atoms with Crippen LogP contribution in [0.3, 0.4) is 0 Å². The van der Waals surface area contributed by atoms with Crippen LogP contribution in [0.1, 0.15) is 37.7 Å². The fourth-order valence-electron chi connectivity index (χ4n) is 3.50. The first kappa shape index (κ1) is 12.1. The largest absolute Gasteiger partial charge is 0.390 e. The van der Waals surface area contributed by atoms with Crippen LogP contribution in [0.25, 0.3) is 0 Å². The van der Waals surface area contributed by atoms with Crippen molar-refractivity contribution in [2.75, 3.05) is 0 Å². The third-order valence-corrected chi connectivity index (χ3v) is 4.36. The fraction of sp³-hybridized carbons (Fsp3) is 0.600. The van der Waals surface area contributed by atoms with Gasteiger partial charge in [0.15, 0.2) is 0 Å². The molecule has 3 heteroatoms. The number of halogens is 1. The molecular weight excluding hydrogens is 229 g/mol. The maximum atomic E-state index is 13.1. The number of hydrogen-bond donors (Lipinski definition) is 2. The monoisotopic (exact) mass is 249 g/mol. The highest BCUT2D eigenvalue weighted by Gasteiger charge is 2.41. The smallest absolute Gasteiger partial charge is 0.123 e. The van der Waals surface area contributed by atoms with Crippen molar-refractivity contribution in [2.45, 2.75) is 56.2 Å². The molecule has 2 nitrogen and oxygen atoms in total. The first-order chi connectivity index (χ1) is 8.63. The van der Waals surface area contributed by atoms with Crippen LogP contribution in [0.2, 0.25) is 0 Å². The van der Waals surface area contributed by atoms with Gasteiger partial charge in [0.1, 0.15) is 5.82 Å². The molecule has 0 aromatic heterocycles. The predicted octanol–water partition coefficient (Wildman–Crippen LogP) is 2.40. The predicted molar refractivity (Wildman–Crippen MR) is 68.9 cm³/mol. The van der Waals surface area contributed by atoms with Gasteiger partial charge in [-0.05, 0) is 56.2 Å². The van der Waals surface area contributed by atoms with Gasteiger partial charge < -0.3 is 10.4 Å². The SMILES string of the molecule is OC1(CCc2cccc(F)c2)CC2CCC(C1)N2. The first-order valence-electron chi connectivity index (χ1n) is 6.86.